The fraction of sp³-hybridized carbons (Fsp3) is 0.167. The van der Waals surface area contributed by atoms with Gasteiger partial charge in [-0.1, -0.05) is 41.9 Å². The van der Waals surface area contributed by atoms with Crippen molar-refractivity contribution in [2.45, 2.75) is 18.8 Å². The van der Waals surface area contributed by atoms with Gasteiger partial charge in [0.25, 0.3) is 0 Å². The number of nitrogens with zero attached hydrogens (tertiary/aromatic N) is 2. The molecule has 2 aromatic carbocycles. The number of alkyl halides is 3. The first-order valence-electron chi connectivity index (χ1n) is 10.8. The van der Waals surface area contributed by atoms with Gasteiger partial charge in [-0.2, -0.15) is 18.3 Å². The van der Waals surface area contributed by atoms with Crippen LogP contribution in [-0.2, 0) is 22.0 Å². The normalized spacial score (nSPS) is 16.5. The molecule has 0 radical (unpaired) electrons. The lowest BCUT2D eigenvalue weighted by atomic mass is 10.1. The third-order valence-corrected chi connectivity index (χ3v) is 4.17. The Kier molecular flexibility index (Phi) is 3.02. The van der Waals surface area contributed by atoms with Crippen LogP contribution < -0.4 is 5.14 Å². The van der Waals surface area contributed by atoms with E-state index in [9.17, 15) is 21.6 Å². The van der Waals surface area contributed by atoms with Crippen LogP contribution in [0.15, 0.2) is 54.5 Å². The zero-order chi connectivity index (χ0) is 25.8. The minimum atomic E-state index is -4.93. The second kappa shape index (κ2) is 6.82. The van der Waals surface area contributed by atoms with E-state index in [0.29, 0.717) is 6.07 Å². The number of rotatable bonds is 4. The van der Waals surface area contributed by atoms with Crippen molar-refractivity contribution in [2.24, 2.45) is 5.14 Å². The van der Waals surface area contributed by atoms with Crippen LogP contribution in [0.1, 0.15) is 26.4 Å². The molecule has 0 aliphatic heterocycles. The molecule has 0 aliphatic carbocycles. The Labute approximate surface area is 164 Å². The van der Waals surface area contributed by atoms with E-state index in [4.69, 9.17) is 14.7 Å². The molecular formula is C18H16F3N3O2S. The van der Waals surface area contributed by atoms with Gasteiger partial charge in [-0.15, -0.1) is 0 Å². The van der Waals surface area contributed by atoms with Gasteiger partial charge in [0.05, 0.1) is 22.6 Å². The van der Waals surface area contributed by atoms with E-state index in [1.54, 1.807) is 0 Å². The molecule has 0 spiro atoms. The van der Waals surface area contributed by atoms with Crippen molar-refractivity contribution >= 4 is 10.0 Å². The van der Waals surface area contributed by atoms with E-state index in [-0.39, 0.29) is 11.3 Å². The summed E-state index contributed by atoms with van der Waals surface area (Å²) in [5, 5.41) is 8.48. The first kappa shape index (κ1) is 11.9. The average molecular weight is 402 g/mol. The molecule has 0 unspecified atom stereocenters. The molecule has 9 heteroatoms. The highest BCUT2D eigenvalue weighted by Crippen LogP contribution is 2.33. The largest absolute Gasteiger partial charge is 0.435 e. The van der Waals surface area contributed by atoms with Gasteiger partial charge in [-0.05, 0) is 30.6 Å². The molecule has 0 saturated heterocycles. The summed E-state index contributed by atoms with van der Waals surface area (Å²) in [6.07, 6.45) is -4.93. The number of sulfonamides is 1. The first-order chi connectivity index (χ1) is 15.4. The molecule has 1 aromatic heterocycles. The minimum absolute atomic E-state index is 0.0135. The fourth-order valence-corrected chi connectivity index (χ4v) is 2.96. The standard InChI is InChI=1S/C18H16F3N3O2S/c1-12-2-6-14(7-3-12)16-10-17(18(19,20)21)23-24(16)15-8-4-13(5-9-15)11-27(22,25)26/h2-10H,11H2,1H3,(H2,22,25,26)/i1D3,2D,3D,6D,7D. The SMILES string of the molecule is [2H]c1c([2H])c(C([2H])([2H])[2H])c([2H])c([2H])c1-c1cc(C(F)(F)F)nn1-c1ccc(CS(N)(=O)=O)cc1. The van der Waals surface area contributed by atoms with E-state index in [2.05, 4.69) is 5.10 Å². The second-order valence-corrected chi connectivity index (χ2v) is 7.16. The van der Waals surface area contributed by atoms with Crippen molar-refractivity contribution < 1.29 is 31.2 Å². The molecule has 1 heterocycles. The van der Waals surface area contributed by atoms with E-state index < -0.39 is 75.5 Å². The highest BCUT2D eigenvalue weighted by molar-refractivity contribution is 7.88. The summed E-state index contributed by atoms with van der Waals surface area (Å²) in [6.45, 7) is -2.99. The summed E-state index contributed by atoms with van der Waals surface area (Å²) in [6, 6.07) is 2.03. The van der Waals surface area contributed by atoms with Crippen molar-refractivity contribution in [3.8, 4) is 16.9 Å². The van der Waals surface area contributed by atoms with Crippen LogP contribution in [0.5, 0.6) is 0 Å². The Hall–Kier alpha value is -2.65. The molecule has 0 amide bonds. The maximum Gasteiger partial charge on any atom is 0.435 e. The fourth-order valence-electron chi connectivity index (χ4n) is 2.30. The summed E-state index contributed by atoms with van der Waals surface area (Å²) >= 11 is 0. The molecule has 142 valence electrons. The van der Waals surface area contributed by atoms with E-state index in [0.717, 1.165) is 4.68 Å². The molecule has 27 heavy (non-hydrogen) atoms. The van der Waals surface area contributed by atoms with Gasteiger partial charge in [0.1, 0.15) is 0 Å². The predicted octanol–water partition coefficient (Wildman–Crippen LogP) is 3.66. The number of nitrogens with two attached hydrogens (primary N) is 1. The van der Waals surface area contributed by atoms with Crippen LogP contribution in [-0.4, -0.2) is 18.2 Å². The van der Waals surface area contributed by atoms with Crippen molar-refractivity contribution in [3.63, 3.8) is 0 Å². The average Bonchev–Trinajstić information content (AvgIpc) is 3.10. The van der Waals surface area contributed by atoms with Gasteiger partial charge < -0.3 is 0 Å². The monoisotopic (exact) mass is 402 g/mol. The number of primary sulfonamides is 1. The highest BCUT2D eigenvalue weighted by Gasteiger charge is 2.35. The molecule has 0 saturated carbocycles. The summed E-state index contributed by atoms with van der Waals surface area (Å²) in [7, 11) is -3.87. The Balaban J connectivity index is 2.30. The molecule has 5 nitrogen and oxygen atoms in total. The lowest BCUT2D eigenvalue weighted by molar-refractivity contribution is -0.141. The Morgan fingerprint density at radius 2 is 1.81 bits per heavy atom. The number of hydrogen-bond donors (Lipinski definition) is 1. The van der Waals surface area contributed by atoms with Gasteiger partial charge >= 0.3 is 6.18 Å². The quantitative estimate of drug-likeness (QED) is 0.724. The van der Waals surface area contributed by atoms with Gasteiger partial charge in [0, 0.05) is 9.68 Å². The van der Waals surface area contributed by atoms with Crippen molar-refractivity contribution in [1.82, 2.24) is 9.78 Å². The summed E-state index contributed by atoms with van der Waals surface area (Å²) < 4.78 is 118. The van der Waals surface area contributed by atoms with Crippen LogP contribution in [0, 0.1) is 6.85 Å². The lowest BCUT2D eigenvalue weighted by Gasteiger charge is -2.09. The van der Waals surface area contributed by atoms with Crippen molar-refractivity contribution in [2.75, 3.05) is 0 Å². The molecular weight excluding hydrogens is 379 g/mol. The number of benzene rings is 2. The van der Waals surface area contributed by atoms with Crippen molar-refractivity contribution in [1.29, 1.82) is 0 Å². The maximum atomic E-state index is 13.4. The smallest absolute Gasteiger partial charge is 0.233 e. The minimum Gasteiger partial charge on any atom is -0.233 e. The zero-order valence-corrected chi connectivity index (χ0v) is 14.2. The molecule has 0 fully saturated rings. The third kappa shape index (κ3) is 4.55. The van der Waals surface area contributed by atoms with Crippen LogP contribution in [0.2, 0.25) is 0 Å². The molecule has 0 aliphatic rings. The van der Waals surface area contributed by atoms with Gasteiger partial charge in [-0.3, -0.25) is 0 Å². The third-order valence-electron chi connectivity index (χ3n) is 3.43. The van der Waals surface area contributed by atoms with Crippen LogP contribution in [0.4, 0.5) is 13.2 Å². The lowest BCUT2D eigenvalue weighted by Crippen LogP contribution is -2.14. The van der Waals surface area contributed by atoms with Crippen molar-refractivity contribution in [3.05, 3.63) is 71.3 Å². The summed E-state index contributed by atoms with van der Waals surface area (Å²) in [4.78, 5) is 0. The topological polar surface area (TPSA) is 78.0 Å². The molecule has 3 rings (SSSR count). The zero-order valence-electron chi connectivity index (χ0n) is 20.4. The summed E-state index contributed by atoms with van der Waals surface area (Å²) in [5.41, 5.74) is -3.09. The van der Waals surface area contributed by atoms with Crippen LogP contribution in [0.25, 0.3) is 16.9 Å². The summed E-state index contributed by atoms with van der Waals surface area (Å²) in [5.74, 6) is -0.526. The maximum absolute atomic E-state index is 13.4. The van der Waals surface area contributed by atoms with Crippen LogP contribution in [0.3, 0.4) is 0 Å². The van der Waals surface area contributed by atoms with E-state index in [1.165, 1.54) is 24.3 Å². The Bertz CT molecular complexity index is 1340. The molecule has 0 bridgehead atoms. The molecule has 0 atom stereocenters. The first-order valence-corrected chi connectivity index (χ1v) is 9.01. The molecule has 2 N–H and O–H groups in total. The molecule has 3 aromatic rings. The van der Waals surface area contributed by atoms with Crippen LogP contribution >= 0.6 is 0 Å². The number of hydrogen-bond acceptors (Lipinski definition) is 3. The van der Waals surface area contributed by atoms with E-state index in [1.807, 2.05) is 0 Å². The van der Waals surface area contributed by atoms with Gasteiger partial charge in [-0.25, -0.2) is 18.2 Å². The number of aromatic nitrogens is 2. The van der Waals surface area contributed by atoms with Gasteiger partial charge in [0.2, 0.25) is 10.0 Å². The predicted molar refractivity (Wildman–Crippen MR) is 95.6 cm³/mol. The Morgan fingerprint density at radius 3 is 2.33 bits per heavy atom. The Morgan fingerprint density at radius 1 is 1.19 bits per heavy atom. The van der Waals surface area contributed by atoms with Gasteiger partial charge in [0.15, 0.2) is 5.69 Å². The van der Waals surface area contributed by atoms with E-state index >= 15 is 0 Å². The highest BCUT2D eigenvalue weighted by atomic mass is 32.2. The second-order valence-electron chi connectivity index (χ2n) is 5.55. The number of halogens is 3.